The Kier molecular flexibility index (Phi) is 5.09. The van der Waals surface area contributed by atoms with E-state index in [4.69, 9.17) is 9.84 Å². The van der Waals surface area contributed by atoms with Crippen molar-refractivity contribution in [2.45, 2.75) is 13.0 Å². The maximum absolute atomic E-state index is 12.6. The number of hydrogen-bond donors (Lipinski definition) is 1. The third kappa shape index (κ3) is 3.78. The first kappa shape index (κ1) is 17.8. The van der Waals surface area contributed by atoms with Crippen molar-refractivity contribution < 1.29 is 24.2 Å². The lowest BCUT2D eigenvalue weighted by atomic mass is 10.2. The number of carboxylic acids is 1. The molecule has 0 aliphatic carbocycles. The molecule has 1 heterocycles. The number of benzene rings is 2. The van der Waals surface area contributed by atoms with Gasteiger partial charge in [0.1, 0.15) is 5.75 Å². The van der Waals surface area contributed by atoms with Gasteiger partial charge in [-0.05, 0) is 54.6 Å². The van der Waals surface area contributed by atoms with Crippen molar-refractivity contribution in [1.82, 2.24) is 0 Å². The van der Waals surface area contributed by atoms with Gasteiger partial charge < -0.3 is 9.84 Å². The number of hydrogen-bond acceptors (Lipinski definition) is 5. The first-order chi connectivity index (χ1) is 12.5. The number of rotatable bonds is 5. The minimum atomic E-state index is -1.07. The Morgan fingerprint density at radius 3 is 2.58 bits per heavy atom. The van der Waals surface area contributed by atoms with E-state index in [2.05, 4.69) is 0 Å². The summed E-state index contributed by atoms with van der Waals surface area (Å²) in [4.78, 5) is 37.1. The molecule has 0 radical (unpaired) electrons. The number of aliphatic carboxylic acids is 1. The molecule has 1 saturated heterocycles. The molecule has 1 unspecified atom stereocenters. The molecule has 26 heavy (non-hydrogen) atoms. The zero-order chi connectivity index (χ0) is 18.7. The lowest BCUT2D eigenvalue weighted by Crippen LogP contribution is -2.27. The van der Waals surface area contributed by atoms with E-state index in [1.165, 1.54) is 6.92 Å². The van der Waals surface area contributed by atoms with Gasteiger partial charge in [-0.3, -0.25) is 9.59 Å². The standard InChI is InChI=1S/C19H15NO5S/c1-12(18(22)23)25-15-9-5-6-13(10-15)11-16-17(21)20(19(24)26-16)14-7-3-2-4-8-14/h2-12H,1H3,(H,22,23)/b16-11+. The van der Waals surface area contributed by atoms with Crippen LogP contribution in [0.15, 0.2) is 59.5 Å². The van der Waals surface area contributed by atoms with E-state index in [0.29, 0.717) is 21.9 Å². The van der Waals surface area contributed by atoms with Crippen LogP contribution >= 0.6 is 11.8 Å². The number of para-hydroxylation sites is 1. The van der Waals surface area contributed by atoms with Gasteiger partial charge >= 0.3 is 5.97 Å². The first-order valence-electron chi connectivity index (χ1n) is 7.78. The fourth-order valence-corrected chi connectivity index (χ4v) is 3.19. The molecule has 132 valence electrons. The maximum atomic E-state index is 12.6. The number of anilines is 1. The van der Waals surface area contributed by atoms with Gasteiger partial charge in [-0.15, -0.1) is 0 Å². The SMILES string of the molecule is CC(Oc1cccc(/C=C2/SC(=O)N(c3ccccc3)C2=O)c1)C(=O)O. The van der Waals surface area contributed by atoms with Crippen molar-refractivity contribution in [2.75, 3.05) is 4.90 Å². The summed E-state index contributed by atoms with van der Waals surface area (Å²) in [6, 6.07) is 15.4. The van der Waals surface area contributed by atoms with Gasteiger partial charge in [-0.25, -0.2) is 9.69 Å². The van der Waals surface area contributed by atoms with E-state index >= 15 is 0 Å². The van der Waals surface area contributed by atoms with Crippen LogP contribution in [0.2, 0.25) is 0 Å². The van der Waals surface area contributed by atoms with Crippen molar-refractivity contribution in [3.05, 3.63) is 65.1 Å². The van der Waals surface area contributed by atoms with Crippen LogP contribution < -0.4 is 9.64 Å². The molecule has 2 amide bonds. The molecule has 0 spiro atoms. The Balaban J connectivity index is 1.83. The Labute approximate surface area is 154 Å². The van der Waals surface area contributed by atoms with E-state index in [1.807, 2.05) is 6.07 Å². The molecule has 2 aromatic carbocycles. The van der Waals surface area contributed by atoms with Crippen molar-refractivity contribution in [3.8, 4) is 5.75 Å². The van der Waals surface area contributed by atoms with Gasteiger partial charge in [0.15, 0.2) is 6.10 Å². The van der Waals surface area contributed by atoms with Gasteiger partial charge in [-0.2, -0.15) is 0 Å². The third-order valence-corrected chi connectivity index (χ3v) is 4.49. The van der Waals surface area contributed by atoms with Gasteiger partial charge in [0.25, 0.3) is 11.1 Å². The number of carbonyl (C=O) groups is 3. The lowest BCUT2D eigenvalue weighted by molar-refractivity contribution is -0.144. The highest BCUT2D eigenvalue weighted by atomic mass is 32.2. The fraction of sp³-hybridized carbons (Fsp3) is 0.105. The quantitative estimate of drug-likeness (QED) is 0.808. The van der Waals surface area contributed by atoms with Crippen LogP contribution in [0.1, 0.15) is 12.5 Å². The molecular formula is C19H15NO5S. The van der Waals surface area contributed by atoms with Crippen molar-refractivity contribution in [3.63, 3.8) is 0 Å². The highest BCUT2D eigenvalue weighted by Crippen LogP contribution is 2.35. The van der Waals surface area contributed by atoms with Crippen LogP contribution in [0.4, 0.5) is 10.5 Å². The molecule has 1 aliphatic rings. The van der Waals surface area contributed by atoms with Crippen molar-refractivity contribution in [1.29, 1.82) is 0 Å². The number of nitrogens with zero attached hydrogens (tertiary/aromatic N) is 1. The number of carbonyl (C=O) groups excluding carboxylic acids is 2. The Bertz CT molecular complexity index is 894. The van der Waals surface area contributed by atoms with E-state index in [9.17, 15) is 14.4 Å². The van der Waals surface area contributed by atoms with Gasteiger partial charge in [-0.1, -0.05) is 30.3 Å². The summed E-state index contributed by atoms with van der Waals surface area (Å²) in [6.07, 6.45) is 0.599. The molecule has 0 saturated carbocycles. The smallest absolute Gasteiger partial charge is 0.344 e. The second kappa shape index (κ2) is 7.45. The number of imide groups is 1. The van der Waals surface area contributed by atoms with Crippen molar-refractivity contribution in [2.24, 2.45) is 0 Å². The Morgan fingerprint density at radius 1 is 1.15 bits per heavy atom. The fourth-order valence-electron chi connectivity index (χ4n) is 2.35. The maximum Gasteiger partial charge on any atom is 0.344 e. The molecule has 1 aliphatic heterocycles. The second-order valence-corrected chi connectivity index (χ2v) is 6.52. The van der Waals surface area contributed by atoms with Crippen molar-refractivity contribution >= 4 is 40.6 Å². The molecule has 6 nitrogen and oxygen atoms in total. The van der Waals surface area contributed by atoms with Gasteiger partial charge in [0.05, 0.1) is 10.6 Å². The first-order valence-corrected chi connectivity index (χ1v) is 8.60. The summed E-state index contributed by atoms with van der Waals surface area (Å²) in [5, 5.41) is 8.55. The Morgan fingerprint density at radius 2 is 1.88 bits per heavy atom. The second-order valence-electron chi connectivity index (χ2n) is 5.52. The van der Waals surface area contributed by atoms with Gasteiger partial charge in [0.2, 0.25) is 0 Å². The summed E-state index contributed by atoms with van der Waals surface area (Å²) >= 11 is 0.860. The average molecular weight is 369 g/mol. The minimum Gasteiger partial charge on any atom is -0.479 e. The summed E-state index contributed by atoms with van der Waals surface area (Å²) in [7, 11) is 0. The highest BCUT2D eigenvalue weighted by Gasteiger charge is 2.36. The summed E-state index contributed by atoms with van der Waals surface area (Å²) < 4.78 is 5.32. The largest absolute Gasteiger partial charge is 0.479 e. The minimum absolute atomic E-state index is 0.294. The summed E-state index contributed by atoms with van der Waals surface area (Å²) in [5.41, 5.74) is 1.16. The number of carboxylic acid groups (broad SMARTS) is 1. The molecule has 7 heteroatoms. The highest BCUT2D eigenvalue weighted by molar-refractivity contribution is 8.19. The molecule has 3 rings (SSSR count). The molecule has 0 bridgehead atoms. The average Bonchev–Trinajstić information content (AvgIpc) is 2.89. The number of amides is 2. The number of ether oxygens (including phenoxy) is 1. The van der Waals surface area contributed by atoms with Crippen LogP contribution in [0.3, 0.4) is 0 Å². The zero-order valence-corrected chi connectivity index (χ0v) is 14.6. The monoisotopic (exact) mass is 369 g/mol. The number of thioether (sulfide) groups is 1. The van der Waals surface area contributed by atoms with Crippen LogP contribution in [0.25, 0.3) is 6.08 Å². The van der Waals surface area contributed by atoms with Crippen LogP contribution in [0.5, 0.6) is 5.75 Å². The summed E-state index contributed by atoms with van der Waals surface area (Å²) in [5.74, 6) is -1.09. The molecule has 1 atom stereocenters. The van der Waals surface area contributed by atoms with E-state index in [-0.39, 0.29) is 5.24 Å². The molecule has 1 fully saturated rings. The van der Waals surface area contributed by atoms with E-state index in [1.54, 1.807) is 54.6 Å². The predicted molar refractivity (Wildman–Crippen MR) is 99.1 cm³/mol. The topological polar surface area (TPSA) is 83.9 Å². The molecule has 1 N–H and O–H groups in total. The summed E-state index contributed by atoms with van der Waals surface area (Å²) in [6.45, 7) is 1.43. The lowest BCUT2D eigenvalue weighted by Gasteiger charge is -2.12. The predicted octanol–water partition coefficient (Wildman–Crippen LogP) is 3.78. The zero-order valence-electron chi connectivity index (χ0n) is 13.8. The van der Waals surface area contributed by atoms with Crippen LogP contribution in [-0.4, -0.2) is 28.3 Å². The molecule has 2 aromatic rings. The molecular weight excluding hydrogens is 354 g/mol. The third-order valence-electron chi connectivity index (χ3n) is 3.62. The van der Waals surface area contributed by atoms with Crippen LogP contribution in [0, 0.1) is 0 Å². The molecule has 0 aromatic heterocycles. The normalized spacial score (nSPS) is 16.8. The van der Waals surface area contributed by atoms with Crippen LogP contribution in [-0.2, 0) is 9.59 Å². The Hall–Kier alpha value is -3.06. The van der Waals surface area contributed by atoms with Gasteiger partial charge in [0, 0.05) is 0 Å². The van der Waals surface area contributed by atoms with E-state index < -0.39 is 18.0 Å². The van der Waals surface area contributed by atoms with E-state index in [0.717, 1.165) is 16.7 Å².